The second-order valence-electron chi connectivity index (χ2n) is 3.68. The van der Waals surface area contributed by atoms with Crippen LogP contribution in [0.25, 0.3) is 0 Å². The van der Waals surface area contributed by atoms with Gasteiger partial charge in [-0.25, -0.2) is 0 Å². The Balaban J connectivity index is 0. The first-order chi connectivity index (χ1) is 5.99. The van der Waals surface area contributed by atoms with Crippen molar-refractivity contribution >= 4 is 5.97 Å². The Hall–Kier alpha value is 0.444. The molecule has 0 aliphatic rings. The van der Waals surface area contributed by atoms with E-state index >= 15 is 0 Å². The minimum absolute atomic E-state index is 0. The van der Waals surface area contributed by atoms with Crippen LogP contribution in [-0.2, 0) is 42.2 Å². The fourth-order valence-corrected chi connectivity index (χ4v) is 0.850. The van der Waals surface area contributed by atoms with E-state index in [1.807, 2.05) is 34.6 Å². The van der Waals surface area contributed by atoms with Gasteiger partial charge in [-0.1, -0.05) is 20.8 Å². The Morgan fingerprint density at radius 3 is 2.00 bits per heavy atom. The quantitative estimate of drug-likeness (QED) is 0.568. The van der Waals surface area contributed by atoms with Gasteiger partial charge in [-0.05, 0) is 19.8 Å². The molecule has 0 heterocycles. The molecule has 0 bridgehead atoms. The van der Waals surface area contributed by atoms with Crippen molar-refractivity contribution in [3.8, 4) is 0 Å². The summed E-state index contributed by atoms with van der Waals surface area (Å²) < 4.78 is 5.41. The Labute approximate surface area is 113 Å². The zero-order valence-corrected chi connectivity index (χ0v) is 12.9. The molecule has 0 aliphatic carbocycles. The minimum atomic E-state index is -0.284. The molecular formula is C11H21O2Y+2. The fourth-order valence-electron chi connectivity index (χ4n) is 0.850. The van der Waals surface area contributed by atoms with E-state index < -0.39 is 0 Å². The summed E-state index contributed by atoms with van der Waals surface area (Å²) in [4.78, 5) is 11.4. The third-order valence-electron chi connectivity index (χ3n) is 2.71. The number of rotatable bonds is 5. The van der Waals surface area contributed by atoms with Gasteiger partial charge in [0.2, 0.25) is 0 Å². The van der Waals surface area contributed by atoms with Crippen molar-refractivity contribution in [3.63, 3.8) is 0 Å². The van der Waals surface area contributed by atoms with Crippen LogP contribution < -0.4 is 0 Å². The van der Waals surface area contributed by atoms with Crippen molar-refractivity contribution in [1.82, 2.24) is 0 Å². The van der Waals surface area contributed by atoms with Gasteiger partial charge >= 0.3 is 32.7 Å². The summed E-state index contributed by atoms with van der Waals surface area (Å²) in [5, 5.41) is 0. The average Bonchev–Trinajstić information content (AvgIpc) is 2.16. The first-order valence-corrected chi connectivity index (χ1v) is 5.04. The monoisotopic (exact) mass is 274 g/mol. The molecule has 0 fully saturated rings. The van der Waals surface area contributed by atoms with E-state index in [9.17, 15) is 4.79 Å². The molecule has 2 nitrogen and oxygen atoms in total. The molecule has 0 aromatic carbocycles. The summed E-state index contributed by atoms with van der Waals surface area (Å²) in [6.07, 6.45) is 2.50. The van der Waals surface area contributed by atoms with Crippen LogP contribution in [-0.4, -0.2) is 11.6 Å². The smallest absolute Gasteiger partial charge is 0.482 e. The minimum Gasteiger partial charge on any atom is -0.482 e. The maximum absolute atomic E-state index is 11.4. The van der Waals surface area contributed by atoms with Gasteiger partial charge < -0.3 is 4.74 Å². The summed E-state index contributed by atoms with van der Waals surface area (Å²) in [6, 6.07) is 0. The number of ether oxygens (including phenoxy) is 1. The van der Waals surface area contributed by atoms with Gasteiger partial charge in [0.15, 0.2) is 5.97 Å². The summed E-state index contributed by atoms with van der Waals surface area (Å²) in [5.41, 5.74) is -0.284. The van der Waals surface area contributed by atoms with Gasteiger partial charge in [0.05, 0.1) is 0 Å². The molecule has 0 N–H and O–H groups in total. The maximum Gasteiger partial charge on any atom is 3.00 e. The Morgan fingerprint density at radius 2 is 1.71 bits per heavy atom. The molecule has 0 aromatic heterocycles. The van der Waals surface area contributed by atoms with Crippen LogP contribution in [0.2, 0.25) is 0 Å². The second kappa shape index (κ2) is 7.70. The van der Waals surface area contributed by atoms with Crippen LogP contribution in [0.3, 0.4) is 0 Å². The normalized spacial score (nSPS) is 10.4. The van der Waals surface area contributed by atoms with Crippen molar-refractivity contribution in [1.29, 1.82) is 0 Å². The number of carbonyl (C=O) groups excluding carboxylic acids is 1. The standard InChI is InChI=1S/C11H21O2.Y/c1-6-9(4)10(12)13-11(5,7-2)8-3;/h6-8H2,1-5H3;/q-1;+3. The molecule has 0 unspecified atom stereocenters. The van der Waals surface area contributed by atoms with Gasteiger partial charge in [-0.3, -0.25) is 10.7 Å². The molecule has 78 valence electrons. The average molecular weight is 274 g/mol. The van der Waals surface area contributed by atoms with E-state index in [2.05, 4.69) is 0 Å². The largest absolute Gasteiger partial charge is 3.00 e. The molecule has 0 radical (unpaired) electrons. The van der Waals surface area contributed by atoms with Crippen LogP contribution in [0.15, 0.2) is 0 Å². The third kappa shape index (κ3) is 5.36. The number of esters is 1. The molecule has 0 saturated heterocycles. The summed E-state index contributed by atoms with van der Waals surface area (Å²) in [7, 11) is 0. The van der Waals surface area contributed by atoms with E-state index in [0.29, 0.717) is 0 Å². The zero-order chi connectivity index (χ0) is 10.5. The van der Waals surface area contributed by atoms with Crippen LogP contribution in [0.5, 0.6) is 0 Å². The van der Waals surface area contributed by atoms with Crippen molar-refractivity contribution < 1.29 is 42.2 Å². The molecule has 0 spiro atoms. The molecule has 0 atom stereocenters. The van der Waals surface area contributed by atoms with E-state index in [1.165, 1.54) is 0 Å². The van der Waals surface area contributed by atoms with E-state index in [4.69, 9.17) is 4.74 Å². The van der Waals surface area contributed by atoms with Crippen molar-refractivity contribution in [3.05, 3.63) is 5.92 Å². The zero-order valence-electron chi connectivity index (χ0n) is 10.0. The van der Waals surface area contributed by atoms with Crippen LogP contribution >= 0.6 is 0 Å². The Kier molecular flexibility index (Phi) is 9.27. The molecule has 0 saturated carbocycles. The molecule has 0 aromatic rings. The molecule has 0 rings (SSSR count). The number of hydrogen-bond donors (Lipinski definition) is 0. The second-order valence-corrected chi connectivity index (χ2v) is 3.68. The first-order valence-electron chi connectivity index (χ1n) is 5.04. The summed E-state index contributed by atoms with van der Waals surface area (Å²) in [5.74, 6) is 0.654. The van der Waals surface area contributed by atoms with E-state index in [-0.39, 0.29) is 44.3 Å². The van der Waals surface area contributed by atoms with E-state index in [0.717, 1.165) is 25.2 Å². The molecule has 3 heteroatoms. The molecular weight excluding hydrogens is 253 g/mol. The van der Waals surface area contributed by atoms with E-state index in [1.54, 1.807) is 0 Å². The van der Waals surface area contributed by atoms with Crippen molar-refractivity contribution in [2.24, 2.45) is 0 Å². The van der Waals surface area contributed by atoms with Gasteiger partial charge in [0, 0.05) is 0 Å². The summed E-state index contributed by atoms with van der Waals surface area (Å²) in [6.45, 7) is 9.85. The van der Waals surface area contributed by atoms with Gasteiger partial charge in [0.1, 0.15) is 5.60 Å². The number of hydrogen-bond acceptors (Lipinski definition) is 2. The van der Waals surface area contributed by atoms with Crippen molar-refractivity contribution in [2.75, 3.05) is 0 Å². The number of carbonyl (C=O) groups is 1. The third-order valence-corrected chi connectivity index (χ3v) is 2.71. The topological polar surface area (TPSA) is 26.3 Å². The van der Waals surface area contributed by atoms with Gasteiger partial charge in [-0.2, -0.15) is 13.3 Å². The Bertz CT molecular complexity index is 165. The SMILES string of the molecule is CC[C-](C)C(=O)OC(C)(CC)CC.[Y+3]. The predicted molar refractivity (Wildman–Crippen MR) is 54.3 cm³/mol. The molecule has 0 aliphatic heterocycles. The Morgan fingerprint density at radius 1 is 1.29 bits per heavy atom. The fraction of sp³-hybridized carbons (Fsp3) is 0.818. The van der Waals surface area contributed by atoms with Crippen LogP contribution in [0.1, 0.15) is 53.9 Å². The van der Waals surface area contributed by atoms with Gasteiger partial charge in [0.25, 0.3) is 0 Å². The van der Waals surface area contributed by atoms with Crippen molar-refractivity contribution in [2.45, 2.75) is 59.5 Å². The first kappa shape index (κ1) is 16.9. The molecule has 14 heavy (non-hydrogen) atoms. The van der Waals surface area contributed by atoms with Crippen LogP contribution in [0.4, 0.5) is 0 Å². The van der Waals surface area contributed by atoms with Crippen LogP contribution in [0, 0.1) is 5.92 Å². The summed E-state index contributed by atoms with van der Waals surface area (Å²) >= 11 is 0. The molecule has 0 amide bonds. The predicted octanol–water partition coefficient (Wildman–Crippen LogP) is 3.11. The maximum atomic E-state index is 11.4. The van der Waals surface area contributed by atoms with Gasteiger partial charge in [-0.15, -0.1) is 0 Å².